The number of likely N-dealkylation sites (tertiary alicyclic amines) is 1. The second-order valence-corrected chi connectivity index (χ2v) is 10.7. The maximum absolute atomic E-state index is 13.5. The van der Waals surface area contributed by atoms with Gasteiger partial charge in [-0.15, -0.1) is 0 Å². The number of nitrogen functional groups attached to an aromatic ring is 1. The number of anilines is 2. The maximum Gasteiger partial charge on any atom is 0.255 e. The number of aliphatic hydroxyl groups excluding tert-OH is 1. The molecule has 1 aliphatic rings. The largest absolute Gasteiger partial charge is 0.396 e. The highest BCUT2D eigenvalue weighted by molar-refractivity contribution is 6.06. The van der Waals surface area contributed by atoms with Crippen LogP contribution in [0.3, 0.4) is 0 Å². The molecule has 3 heterocycles. The van der Waals surface area contributed by atoms with Crippen molar-refractivity contribution >= 4 is 28.4 Å². The smallest absolute Gasteiger partial charge is 0.255 e. The fourth-order valence-electron chi connectivity index (χ4n) is 5.31. The second kappa shape index (κ2) is 12.1. The molecule has 0 bridgehead atoms. The third kappa shape index (κ3) is 6.14. The van der Waals surface area contributed by atoms with Gasteiger partial charge in [0.25, 0.3) is 5.91 Å². The van der Waals surface area contributed by atoms with E-state index in [4.69, 9.17) is 10.7 Å². The third-order valence-electron chi connectivity index (χ3n) is 7.76. The lowest BCUT2D eigenvalue weighted by Gasteiger charge is -2.31. The van der Waals surface area contributed by atoms with E-state index in [1.54, 1.807) is 30.5 Å². The molecule has 2 aromatic heterocycles. The number of halogens is 1. The number of hydrogen-bond acceptors (Lipinski definition) is 7. The molecule has 1 amide bonds. The number of benzene rings is 3. The normalized spacial score (nSPS) is 14.3. The first kappa shape index (κ1) is 27.5. The number of fused-ring (bicyclic) bond motifs is 1. The van der Waals surface area contributed by atoms with E-state index in [2.05, 4.69) is 37.3 Å². The van der Waals surface area contributed by atoms with Gasteiger partial charge in [-0.2, -0.15) is 0 Å². The van der Waals surface area contributed by atoms with Crippen molar-refractivity contribution in [3.63, 3.8) is 0 Å². The molecule has 42 heavy (non-hydrogen) atoms. The van der Waals surface area contributed by atoms with Gasteiger partial charge >= 0.3 is 0 Å². The summed E-state index contributed by atoms with van der Waals surface area (Å²) in [7, 11) is 0. The highest BCUT2D eigenvalue weighted by Crippen LogP contribution is 2.27. The number of carbonyl (C=O) groups is 1. The number of nitrogens with two attached hydrogens (primary N) is 1. The number of H-pyrrole nitrogens is 1. The Bertz CT molecular complexity index is 1730. The van der Waals surface area contributed by atoms with E-state index in [1.165, 1.54) is 23.8 Å². The first-order valence-corrected chi connectivity index (χ1v) is 14.1. The highest BCUT2D eigenvalue weighted by atomic mass is 19.1. The van der Waals surface area contributed by atoms with Gasteiger partial charge in [0.2, 0.25) is 0 Å². The summed E-state index contributed by atoms with van der Waals surface area (Å²) >= 11 is 0. The Morgan fingerprint density at radius 1 is 1.07 bits per heavy atom. The second-order valence-electron chi connectivity index (χ2n) is 10.7. The summed E-state index contributed by atoms with van der Waals surface area (Å²) in [4.78, 5) is 32.3. The molecule has 1 saturated heterocycles. The SMILES string of the molecule is Nc1ncc(-c2cccc(CCN3CCC(CO)CC3)c2)nc1-c1nc2ccc(C(=O)Nc3cccc(F)c3)cc2[nH]1. The van der Waals surface area contributed by atoms with Crippen LogP contribution in [0.5, 0.6) is 0 Å². The van der Waals surface area contributed by atoms with Crippen LogP contribution in [0, 0.1) is 11.7 Å². The van der Waals surface area contributed by atoms with Crippen LogP contribution < -0.4 is 11.1 Å². The quantitative estimate of drug-likeness (QED) is 0.210. The lowest BCUT2D eigenvalue weighted by molar-refractivity contribution is 0.102. The van der Waals surface area contributed by atoms with Crippen molar-refractivity contribution in [2.75, 3.05) is 37.3 Å². The van der Waals surface area contributed by atoms with Crippen LogP contribution in [0.25, 0.3) is 33.8 Å². The third-order valence-corrected chi connectivity index (χ3v) is 7.76. The first-order valence-electron chi connectivity index (χ1n) is 14.1. The van der Waals surface area contributed by atoms with Crippen LogP contribution in [-0.4, -0.2) is 62.1 Å². The molecule has 214 valence electrons. The molecule has 0 aliphatic carbocycles. The van der Waals surface area contributed by atoms with E-state index in [-0.39, 0.29) is 18.3 Å². The van der Waals surface area contributed by atoms with Gasteiger partial charge < -0.3 is 26.0 Å². The number of carbonyl (C=O) groups excluding carboxylic acids is 1. The monoisotopic (exact) mass is 565 g/mol. The van der Waals surface area contributed by atoms with E-state index < -0.39 is 5.82 Å². The van der Waals surface area contributed by atoms with Gasteiger partial charge in [-0.25, -0.2) is 19.3 Å². The molecule has 10 heteroatoms. The molecule has 0 radical (unpaired) electrons. The minimum absolute atomic E-state index is 0.240. The molecule has 5 N–H and O–H groups in total. The van der Waals surface area contributed by atoms with Gasteiger partial charge in [0, 0.05) is 30.0 Å². The summed E-state index contributed by atoms with van der Waals surface area (Å²) in [5.74, 6) is 0.327. The van der Waals surface area contributed by atoms with Crippen molar-refractivity contribution in [3.8, 4) is 22.8 Å². The zero-order chi connectivity index (χ0) is 29.1. The van der Waals surface area contributed by atoms with Gasteiger partial charge in [-0.1, -0.05) is 24.3 Å². The Balaban J connectivity index is 1.19. The number of nitrogens with one attached hydrogen (secondary N) is 2. The molecule has 1 aliphatic heterocycles. The van der Waals surface area contributed by atoms with Crippen molar-refractivity contribution < 1.29 is 14.3 Å². The molecule has 6 rings (SSSR count). The number of piperidine rings is 1. The van der Waals surface area contributed by atoms with Crippen LogP contribution in [0.4, 0.5) is 15.9 Å². The number of nitrogens with zero attached hydrogens (tertiary/aromatic N) is 4. The standard InChI is InChI=1S/C32H32FN7O2/c33-24-5-2-6-25(17-24)36-32(42)23-7-8-26-27(16-23)39-31(38-26)29-30(34)35-18-28(37-29)22-4-1-3-20(15-22)9-12-40-13-10-21(19-41)11-14-40/h1-8,15-18,21,41H,9-14,19H2,(H2,34,35)(H,36,42)(H,38,39). The zero-order valence-corrected chi connectivity index (χ0v) is 23.1. The van der Waals surface area contributed by atoms with Gasteiger partial charge in [-0.3, -0.25) is 4.79 Å². The van der Waals surface area contributed by atoms with Crippen LogP contribution in [-0.2, 0) is 6.42 Å². The van der Waals surface area contributed by atoms with Crippen LogP contribution in [0.2, 0.25) is 0 Å². The van der Waals surface area contributed by atoms with Gasteiger partial charge in [0.05, 0.1) is 22.9 Å². The first-order chi connectivity index (χ1) is 20.4. The van der Waals surface area contributed by atoms with Crippen molar-refractivity contribution in [2.24, 2.45) is 5.92 Å². The Labute approximate surface area is 242 Å². The highest BCUT2D eigenvalue weighted by Gasteiger charge is 2.19. The number of hydrogen-bond donors (Lipinski definition) is 4. The Morgan fingerprint density at radius 2 is 1.90 bits per heavy atom. The lowest BCUT2D eigenvalue weighted by atomic mass is 9.97. The topological polar surface area (TPSA) is 133 Å². The summed E-state index contributed by atoms with van der Waals surface area (Å²) in [5.41, 5.74) is 11.5. The Hall–Kier alpha value is -4.67. The molecule has 0 unspecified atom stereocenters. The minimum Gasteiger partial charge on any atom is -0.396 e. The molecule has 1 fully saturated rings. The fourth-order valence-corrected chi connectivity index (χ4v) is 5.31. The molecule has 3 aromatic carbocycles. The lowest BCUT2D eigenvalue weighted by Crippen LogP contribution is -2.36. The van der Waals surface area contributed by atoms with Gasteiger partial charge in [0.15, 0.2) is 11.6 Å². The van der Waals surface area contributed by atoms with Crippen LogP contribution in [0.15, 0.2) is 72.9 Å². The Morgan fingerprint density at radius 3 is 2.71 bits per heavy atom. The number of aliphatic hydroxyl groups is 1. The van der Waals surface area contributed by atoms with E-state index in [1.807, 2.05) is 12.1 Å². The minimum atomic E-state index is -0.427. The van der Waals surface area contributed by atoms with Crippen molar-refractivity contribution in [2.45, 2.75) is 19.3 Å². The van der Waals surface area contributed by atoms with Crippen molar-refractivity contribution in [1.82, 2.24) is 24.8 Å². The summed E-state index contributed by atoms with van der Waals surface area (Å²) in [6, 6.07) is 19.1. The predicted molar refractivity (Wildman–Crippen MR) is 161 cm³/mol. The van der Waals surface area contributed by atoms with Crippen LogP contribution >= 0.6 is 0 Å². The zero-order valence-electron chi connectivity index (χ0n) is 23.1. The summed E-state index contributed by atoms with van der Waals surface area (Å²) in [5, 5.41) is 12.1. The number of aromatic nitrogens is 4. The van der Waals surface area contributed by atoms with Gasteiger partial charge in [-0.05, 0) is 86.3 Å². The van der Waals surface area contributed by atoms with Crippen molar-refractivity contribution in [1.29, 1.82) is 0 Å². The number of rotatable bonds is 8. The Kier molecular flexibility index (Phi) is 7.89. The molecule has 0 spiro atoms. The number of amides is 1. The summed E-state index contributed by atoms with van der Waals surface area (Å²) < 4.78 is 13.5. The molecular weight excluding hydrogens is 533 g/mol. The molecule has 0 saturated carbocycles. The fraction of sp³-hybridized carbons (Fsp3) is 0.250. The van der Waals surface area contributed by atoms with E-state index in [0.29, 0.717) is 45.4 Å². The predicted octanol–water partition coefficient (Wildman–Crippen LogP) is 4.91. The average Bonchev–Trinajstić information content (AvgIpc) is 3.44. The molecule has 5 aromatic rings. The molecule has 9 nitrogen and oxygen atoms in total. The molecule has 0 atom stereocenters. The molecular formula is C32H32FN7O2. The number of imidazole rings is 1. The summed E-state index contributed by atoms with van der Waals surface area (Å²) in [6.45, 7) is 3.30. The van der Waals surface area contributed by atoms with E-state index in [0.717, 1.165) is 44.5 Å². The van der Waals surface area contributed by atoms with Crippen molar-refractivity contribution in [3.05, 3.63) is 89.9 Å². The summed E-state index contributed by atoms with van der Waals surface area (Å²) in [6.07, 6.45) is 4.68. The van der Waals surface area contributed by atoms with Gasteiger partial charge in [0.1, 0.15) is 11.5 Å². The van der Waals surface area contributed by atoms with E-state index in [9.17, 15) is 14.3 Å². The van der Waals surface area contributed by atoms with E-state index >= 15 is 0 Å². The van der Waals surface area contributed by atoms with Crippen LogP contribution in [0.1, 0.15) is 28.8 Å². The number of aromatic amines is 1. The maximum atomic E-state index is 13.5. The average molecular weight is 566 g/mol.